The molecule has 28 heavy (non-hydrogen) atoms. The Morgan fingerprint density at radius 3 is 1.71 bits per heavy atom. The highest BCUT2D eigenvalue weighted by molar-refractivity contribution is 4.73. The summed E-state index contributed by atoms with van der Waals surface area (Å²) in [6.07, 6.45) is 20.2. The maximum Gasteiger partial charge on any atom is 0.188 e. The van der Waals surface area contributed by atoms with Gasteiger partial charge in [-0.25, -0.2) is 0 Å². The molecule has 0 aromatic rings. The molecule has 0 amide bonds. The first kappa shape index (κ1) is 27.4. The van der Waals surface area contributed by atoms with Crippen molar-refractivity contribution in [3.05, 3.63) is 12.3 Å². The zero-order valence-electron chi connectivity index (χ0n) is 19.1. The summed E-state index contributed by atoms with van der Waals surface area (Å²) in [4.78, 5) is 0. The average Bonchev–Trinajstić information content (AvgIpc) is 2.71. The van der Waals surface area contributed by atoms with Gasteiger partial charge in [0.25, 0.3) is 0 Å². The quantitative estimate of drug-likeness (QED) is 0.102. The average molecular weight is 401 g/mol. The van der Waals surface area contributed by atoms with Crippen molar-refractivity contribution in [2.24, 2.45) is 0 Å². The van der Waals surface area contributed by atoms with Crippen LogP contribution in [0, 0.1) is 0 Å². The number of ether oxygens (including phenoxy) is 4. The topological polar surface area (TPSA) is 36.9 Å². The molecule has 0 aliphatic heterocycles. The van der Waals surface area contributed by atoms with Gasteiger partial charge in [-0.05, 0) is 31.8 Å². The van der Waals surface area contributed by atoms with E-state index in [2.05, 4.69) is 20.8 Å². The molecule has 4 heteroatoms. The van der Waals surface area contributed by atoms with Crippen molar-refractivity contribution in [1.29, 1.82) is 0 Å². The Morgan fingerprint density at radius 2 is 1.18 bits per heavy atom. The van der Waals surface area contributed by atoms with Crippen LogP contribution in [-0.2, 0) is 18.9 Å². The van der Waals surface area contributed by atoms with Gasteiger partial charge in [0.2, 0.25) is 0 Å². The fourth-order valence-corrected chi connectivity index (χ4v) is 2.85. The molecular weight excluding hydrogens is 352 g/mol. The van der Waals surface area contributed by atoms with Crippen LogP contribution in [0.1, 0.15) is 111 Å². The molecule has 0 unspecified atom stereocenters. The predicted molar refractivity (Wildman–Crippen MR) is 118 cm³/mol. The standard InChI is InChI=1S/C24H48O4/c1-4-7-10-14-19-25-23-26-20-17-13-18-24(27-21-15-11-8-5-2)28-22-16-12-9-6-3/h17,20,24H,4-16,18-19,21-23H2,1-3H3. The molecule has 0 saturated carbocycles. The van der Waals surface area contributed by atoms with E-state index in [4.69, 9.17) is 18.9 Å². The van der Waals surface area contributed by atoms with Gasteiger partial charge < -0.3 is 18.9 Å². The molecule has 4 nitrogen and oxygen atoms in total. The Morgan fingerprint density at radius 1 is 0.643 bits per heavy atom. The van der Waals surface area contributed by atoms with Gasteiger partial charge in [-0.15, -0.1) is 0 Å². The van der Waals surface area contributed by atoms with Crippen LogP contribution in [0.4, 0.5) is 0 Å². The first-order valence-corrected chi connectivity index (χ1v) is 11.9. The van der Waals surface area contributed by atoms with Gasteiger partial charge in [0.15, 0.2) is 13.1 Å². The third-order valence-corrected chi connectivity index (χ3v) is 4.66. The second-order valence-electron chi connectivity index (χ2n) is 7.50. The van der Waals surface area contributed by atoms with Gasteiger partial charge in [-0.1, -0.05) is 78.6 Å². The molecule has 0 bridgehead atoms. The summed E-state index contributed by atoms with van der Waals surface area (Å²) in [6.45, 7) is 9.40. The summed E-state index contributed by atoms with van der Waals surface area (Å²) in [5.74, 6) is 0. The maximum absolute atomic E-state index is 5.97. The van der Waals surface area contributed by atoms with E-state index in [0.29, 0.717) is 6.79 Å². The fourth-order valence-electron chi connectivity index (χ4n) is 2.85. The van der Waals surface area contributed by atoms with Crippen LogP contribution in [0.25, 0.3) is 0 Å². The highest BCUT2D eigenvalue weighted by Crippen LogP contribution is 2.10. The van der Waals surface area contributed by atoms with Crippen LogP contribution < -0.4 is 0 Å². The van der Waals surface area contributed by atoms with Gasteiger partial charge in [0.05, 0.1) is 12.9 Å². The first-order valence-electron chi connectivity index (χ1n) is 11.9. The number of allylic oxidation sites excluding steroid dienone is 1. The van der Waals surface area contributed by atoms with Crippen molar-refractivity contribution in [2.45, 2.75) is 117 Å². The second-order valence-corrected chi connectivity index (χ2v) is 7.50. The van der Waals surface area contributed by atoms with Crippen LogP contribution in [0.2, 0.25) is 0 Å². The SMILES string of the molecule is CCCCCCOCOC=CCCC(OCCCCCC)OCCCCCC. The van der Waals surface area contributed by atoms with Crippen LogP contribution >= 0.6 is 0 Å². The predicted octanol–water partition coefficient (Wildman–Crippen LogP) is 7.37. The molecule has 0 heterocycles. The lowest BCUT2D eigenvalue weighted by Gasteiger charge is -2.18. The molecule has 0 saturated heterocycles. The highest BCUT2D eigenvalue weighted by Gasteiger charge is 2.08. The molecule has 0 aliphatic carbocycles. The van der Waals surface area contributed by atoms with Crippen molar-refractivity contribution in [3.63, 3.8) is 0 Å². The van der Waals surface area contributed by atoms with E-state index in [1.54, 1.807) is 6.26 Å². The van der Waals surface area contributed by atoms with Crippen molar-refractivity contribution < 1.29 is 18.9 Å². The molecule has 0 aliphatic rings. The van der Waals surface area contributed by atoms with Gasteiger partial charge in [0, 0.05) is 19.6 Å². The van der Waals surface area contributed by atoms with Crippen LogP contribution in [-0.4, -0.2) is 32.9 Å². The van der Waals surface area contributed by atoms with Crippen molar-refractivity contribution in [1.82, 2.24) is 0 Å². The number of hydrogen-bond donors (Lipinski definition) is 0. The van der Waals surface area contributed by atoms with E-state index in [0.717, 1.165) is 51.9 Å². The minimum Gasteiger partial charge on any atom is -0.475 e. The van der Waals surface area contributed by atoms with Crippen LogP contribution in [0.5, 0.6) is 0 Å². The molecule has 0 N–H and O–H groups in total. The summed E-state index contributed by atoms with van der Waals surface area (Å²) >= 11 is 0. The number of unbranched alkanes of at least 4 members (excludes halogenated alkanes) is 9. The van der Waals surface area contributed by atoms with Gasteiger partial charge >= 0.3 is 0 Å². The summed E-state index contributed by atoms with van der Waals surface area (Å²) in [5.41, 5.74) is 0. The van der Waals surface area contributed by atoms with Crippen molar-refractivity contribution in [3.8, 4) is 0 Å². The molecule has 0 spiro atoms. The number of hydrogen-bond acceptors (Lipinski definition) is 4. The molecule has 0 aromatic heterocycles. The van der Waals surface area contributed by atoms with Crippen molar-refractivity contribution >= 4 is 0 Å². The lowest BCUT2D eigenvalue weighted by Crippen LogP contribution is -2.18. The minimum atomic E-state index is -0.0947. The minimum absolute atomic E-state index is 0.0947. The Hall–Kier alpha value is -0.580. The molecule has 0 radical (unpaired) electrons. The summed E-state index contributed by atoms with van der Waals surface area (Å²) in [7, 11) is 0. The zero-order valence-corrected chi connectivity index (χ0v) is 19.1. The normalized spacial score (nSPS) is 11.7. The Balaban J connectivity index is 3.78. The van der Waals surface area contributed by atoms with E-state index in [1.807, 2.05) is 6.08 Å². The van der Waals surface area contributed by atoms with E-state index in [-0.39, 0.29) is 6.29 Å². The second kappa shape index (κ2) is 24.5. The van der Waals surface area contributed by atoms with Gasteiger partial charge in [-0.2, -0.15) is 0 Å². The highest BCUT2D eigenvalue weighted by atomic mass is 16.7. The third kappa shape index (κ3) is 21.7. The smallest absolute Gasteiger partial charge is 0.188 e. The maximum atomic E-state index is 5.97. The summed E-state index contributed by atoms with van der Waals surface area (Å²) in [6, 6.07) is 0. The number of rotatable bonds is 23. The van der Waals surface area contributed by atoms with E-state index in [1.165, 1.54) is 57.8 Å². The molecule has 0 fully saturated rings. The Kier molecular flexibility index (Phi) is 24.0. The zero-order chi connectivity index (χ0) is 20.5. The molecule has 0 rings (SSSR count). The Labute approximate surface area is 175 Å². The summed E-state index contributed by atoms with van der Waals surface area (Å²) < 4.78 is 22.8. The molecule has 0 aromatic carbocycles. The summed E-state index contributed by atoms with van der Waals surface area (Å²) in [5, 5.41) is 0. The van der Waals surface area contributed by atoms with Crippen LogP contribution in [0.15, 0.2) is 12.3 Å². The van der Waals surface area contributed by atoms with Gasteiger partial charge in [-0.3, -0.25) is 0 Å². The van der Waals surface area contributed by atoms with Gasteiger partial charge in [0.1, 0.15) is 0 Å². The van der Waals surface area contributed by atoms with Crippen LogP contribution in [0.3, 0.4) is 0 Å². The lowest BCUT2D eigenvalue weighted by molar-refractivity contribution is -0.146. The lowest BCUT2D eigenvalue weighted by atomic mass is 10.2. The largest absolute Gasteiger partial charge is 0.475 e. The first-order chi connectivity index (χ1) is 13.8. The third-order valence-electron chi connectivity index (χ3n) is 4.66. The molecule has 168 valence electrons. The monoisotopic (exact) mass is 400 g/mol. The van der Waals surface area contributed by atoms with E-state index < -0.39 is 0 Å². The van der Waals surface area contributed by atoms with E-state index in [9.17, 15) is 0 Å². The fraction of sp³-hybridized carbons (Fsp3) is 0.917. The molecular formula is C24H48O4. The van der Waals surface area contributed by atoms with E-state index >= 15 is 0 Å². The molecule has 0 atom stereocenters. The van der Waals surface area contributed by atoms with Crippen molar-refractivity contribution in [2.75, 3.05) is 26.6 Å². The Bertz CT molecular complexity index is 293.